The van der Waals surface area contributed by atoms with Gasteiger partial charge in [0.05, 0.1) is 12.1 Å². The minimum absolute atomic E-state index is 0.00819. The third-order valence-corrected chi connectivity index (χ3v) is 3.96. The summed E-state index contributed by atoms with van der Waals surface area (Å²) in [4.78, 5) is 24.6. The van der Waals surface area contributed by atoms with Crippen molar-refractivity contribution in [1.29, 1.82) is 0 Å². The quantitative estimate of drug-likeness (QED) is 0.834. The Morgan fingerprint density at radius 2 is 2.08 bits per heavy atom. The second-order valence-corrected chi connectivity index (χ2v) is 5.71. The maximum absolute atomic E-state index is 12.8. The summed E-state index contributed by atoms with van der Waals surface area (Å²) in [5.74, 6) is -2.98. The van der Waals surface area contributed by atoms with Gasteiger partial charge in [-0.15, -0.1) is 0 Å². The van der Waals surface area contributed by atoms with Crippen molar-refractivity contribution in [3.8, 4) is 5.75 Å². The smallest absolute Gasteiger partial charge is 0.416 e. The molecule has 0 radical (unpaired) electrons. The molecule has 1 saturated heterocycles. The summed E-state index contributed by atoms with van der Waals surface area (Å²) in [5, 5.41) is 10.2. The maximum atomic E-state index is 12.8. The first-order valence-corrected chi connectivity index (χ1v) is 7.19. The number of aliphatic hydroxyl groups is 1. The molecule has 1 aromatic rings. The van der Waals surface area contributed by atoms with Crippen LogP contribution in [-0.2, 0) is 27.0 Å². The number of hydrogen-bond acceptors (Lipinski definition) is 5. The molecule has 3 rings (SSSR count). The van der Waals surface area contributed by atoms with Gasteiger partial charge in [-0.05, 0) is 18.2 Å². The van der Waals surface area contributed by atoms with Crippen molar-refractivity contribution in [2.45, 2.75) is 31.3 Å². The van der Waals surface area contributed by atoms with Crippen molar-refractivity contribution in [2.24, 2.45) is 0 Å². The van der Waals surface area contributed by atoms with Gasteiger partial charge >= 0.3 is 6.18 Å². The molecule has 130 valence electrons. The molecule has 24 heavy (non-hydrogen) atoms. The van der Waals surface area contributed by atoms with Crippen molar-refractivity contribution >= 4 is 11.7 Å². The van der Waals surface area contributed by atoms with Gasteiger partial charge in [-0.3, -0.25) is 9.59 Å². The van der Waals surface area contributed by atoms with Gasteiger partial charge in [0.15, 0.2) is 12.5 Å². The lowest BCUT2D eigenvalue weighted by atomic mass is 10.0. The SMILES string of the molecule is O=C1CC[C@](O)(C(=O)N2COc3ccc(C(F)(F)F)cc3C2)OC1. The van der Waals surface area contributed by atoms with Crippen LogP contribution in [0.15, 0.2) is 18.2 Å². The zero-order valence-electron chi connectivity index (χ0n) is 12.4. The summed E-state index contributed by atoms with van der Waals surface area (Å²) in [6.07, 6.45) is -4.71. The highest BCUT2D eigenvalue weighted by Crippen LogP contribution is 2.35. The van der Waals surface area contributed by atoms with Gasteiger partial charge in [0.2, 0.25) is 5.79 Å². The van der Waals surface area contributed by atoms with E-state index in [0.717, 1.165) is 17.0 Å². The van der Waals surface area contributed by atoms with Crippen molar-refractivity contribution in [2.75, 3.05) is 13.3 Å². The van der Waals surface area contributed by atoms with Crippen LogP contribution in [0.25, 0.3) is 0 Å². The first-order valence-electron chi connectivity index (χ1n) is 7.19. The first kappa shape index (κ1) is 16.7. The molecule has 0 unspecified atom stereocenters. The number of carbonyl (C=O) groups is 2. The minimum Gasteiger partial charge on any atom is -0.473 e. The second kappa shape index (κ2) is 5.75. The zero-order chi connectivity index (χ0) is 17.5. The highest BCUT2D eigenvalue weighted by atomic mass is 19.4. The number of halogens is 3. The number of nitrogens with zero attached hydrogens (tertiary/aromatic N) is 1. The lowest BCUT2D eigenvalue weighted by Crippen LogP contribution is -2.55. The Labute approximate surface area is 134 Å². The predicted octanol–water partition coefficient (Wildman–Crippen LogP) is 1.45. The predicted molar refractivity (Wildman–Crippen MR) is 72.6 cm³/mol. The minimum atomic E-state index is -4.51. The Bertz CT molecular complexity index is 678. The van der Waals surface area contributed by atoms with Gasteiger partial charge in [-0.1, -0.05) is 0 Å². The third kappa shape index (κ3) is 3.09. The summed E-state index contributed by atoms with van der Waals surface area (Å²) in [6.45, 7) is -0.764. The number of carbonyl (C=O) groups excluding carboxylic acids is 2. The normalized spacial score (nSPS) is 24.3. The van der Waals surface area contributed by atoms with Crippen LogP contribution in [0.2, 0.25) is 0 Å². The van der Waals surface area contributed by atoms with Crippen molar-refractivity contribution in [3.63, 3.8) is 0 Å². The summed E-state index contributed by atoms with van der Waals surface area (Å²) >= 11 is 0. The Hall–Kier alpha value is -2.13. The van der Waals surface area contributed by atoms with Crippen LogP contribution >= 0.6 is 0 Å². The van der Waals surface area contributed by atoms with E-state index in [9.17, 15) is 27.9 Å². The van der Waals surface area contributed by atoms with E-state index in [0.29, 0.717) is 0 Å². The van der Waals surface area contributed by atoms with Crippen LogP contribution in [0.3, 0.4) is 0 Å². The van der Waals surface area contributed by atoms with Gasteiger partial charge < -0.3 is 19.5 Å². The lowest BCUT2D eigenvalue weighted by Gasteiger charge is -2.37. The summed E-state index contributed by atoms with van der Waals surface area (Å²) < 4.78 is 48.6. The fourth-order valence-electron chi connectivity index (χ4n) is 2.62. The molecule has 1 atom stereocenters. The van der Waals surface area contributed by atoms with E-state index in [4.69, 9.17) is 9.47 Å². The van der Waals surface area contributed by atoms with Crippen LogP contribution in [0.1, 0.15) is 24.0 Å². The van der Waals surface area contributed by atoms with E-state index < -0.39 is 23.4 Å². The third-order valence-electron chi connectivity index (χ3n) is 3.96. The Balaban J connectivity index is 1.79. The Morgan fingerprint density at radius 1 is 1.33 bits per heavy atom. The number of ketones is 1. The van der Waals surface area contributed by atoms with Crippen LogP contribution in [-0.4, -0.2) is 40.8 Å². The highest BCUT2D eigenvalue weighted by Gasteiger charge is 2.45. The van der Waals surface area contributed by atoms with Crippen molar-refractivity contribution in [1.82, 2.24) is 4.90 Å². The highest BCUT2D eigenvalue weighted by molar-refractivity contribution is 5.87. The molecule has 1 fully saturated rings. The van der Waals surface area contributed by atoms with Gasteiger partial charge in [-0.2, -0.15) is 13.2 Å². The topological polar surface area (TPSA) is 76.1 Å². The van der Waals surface area contributed by atoms with Crippen LogP contribution < -0.4 is 4.74 Å². The number of ether oxygens (including phenoxy) is 2. The maximum Gasteiger partial charge on any atom is 0.416 e. The number of hydrogen-bond donors (Lipinski definition) is 1. The first-order chi connectivity index (χ1) is 11.2. The van der Waals surface area contributed by atoms with Crippen LogP contribution in [0, 0.1) is 0 Å². The zero-order valence-corrected chi connectivity index (χ0v) is 12.4. The Morgan fingerprint density at radius 3 is 2.71 bits per heavy atom. The molecule has 0 saturated carbocycles. The molecule has 2 aliphatic rings. The summed E-state index contributed by atoms with van der Waals surface area (Å²) in [6, 6.07) is 3.01. The molecule has 0 spiro atoms. The number of benzene rings is 1. The van der Waals surface area contributed by atoms with Crippen LogP contribution in [0.5, 0.6) is 5.75 Å². The molecule has 0 bridgehead atoms. The molecule has 6 nitrogen and oxygen atoms in total. The fourth-order valence-corrected chi connectivity index (χ4v) is 2.62. The van der Waals surface area contributed by atoms with E-state index in [2.05, 4.69) is 0 Å². The molecule has 2 aliphatic heterocycles. The molecule has 2 heterocycles. The number of alkyl halides is 3. The van der Waals surface area contributed by atoms with E-state index in [1.165, 1.54) is 6.07 Å². The molecule has 0 aromatic heterocycles. The Kier molecular flexibility index (Phi) is 4.00. The van der Waals surface area contributed by atoms with Crippen molar-refractivity contribution in [3.05, 3.63) is 29.3 Å². The van der Waals surface area contributed by atoms with Gasteiger partial charge in [0, 0.05) is 18.4 Å². The number of amides is 1. The number of Topliss-reactive ketones (excluding diaryl/α,β-unsaturated/α-hetero) is 1. The monoisotopic (exact) mass is 345 g/mol. The average molecular weight is 345 g/mol. The van der Waals surface area contributed by atoms with E-state index in [1.54, 1.807) is 0 Å². The van der Waals surface area contributed by atoms with E-state index in [-0.39, 0.29) is 49.8 Å². The largest absolute Gasteiger partial charge is 0.473 e. The molecule has 1 amide bonds. The number of rotatable bonds is 1. The summed E-state index contributed by atoms with van der Waals surface area (Å²) in [7, 11) is 0. The van der Waals surface area contributed by atoms with E-state index >= 15 is 0 Å². The molecular formula is C15H14F3NO5. The van der Waals surface area contributed by atoms with Crippen molar-refractivity contribution < 1.29 is 37.3 Å². The van der Waals surface area contributed by atoms with Gasteiger partial charge in [0.25, 0.3) is 5.91 Å². The van der Waals surface area contributed by atoms with Gasteiger partial charge in [0.1, 0.15) is 12.4 Å². The molecule has 9 heteroatoms. The second-order valence-electron chi connectivity index (χ2n) is 5.71. The van der Waals surface area contributed by atoms with E-state index in [1.807, 2.05) is 0 Å². The molecular weight excluding hydrogens is 331 g/mol. The standard InChI is InChI=1S/C15H14F3NO5/c16-15(17,18)10-1-2-12-9(5-10)6-19(8-23-12)13(21)14(22)4-3-11(20)7-24-14/h1-2,5,22H,3-4,6-8H2/t14-/m1/s1. The molecule has 0 aliphatic carbocycles. The number of fused-ring (bicyclic) bond motifs is 1. The lowest BCUT2D eigenvalue weighted by molar-refractivity contribution is -0.229. The van der Waals surface area contributed by atoms with Gasteiger partial charge in [-0.25, -0.2) is 0 Å². The molecule has 1 N–H and O–H groups in total. The average Bonchev–Trinajstić information content (AvgIpc) is 2.55. The van der Waals surface area contributed by atoms with Crippen LogP contribution in [0.4, 0.5) is 13.2 Å². The fraction of sp³-hybridized carbons (Fsp3) is 0.467. The molecule has 1 aromatic carbocycles. The summed E-state index contributed by atoms with van der Waals surface area (Å²) in [5.41, 5.74) is -0.669.